The number of anilines is 2. The van der Waals surface area contributed by atoms with Gasteiger partial charge in [0.05, 0.1) is 12.1 Å². The molecule has 2 heterocycles. The van der Waals surface area contributed by atoms with Crippen LogP contribution in [-0.4, -0.2) is 31.7 Å². The number of amides is 2. The summed E-state index contributed by atoms with van der Waals surface area (Å²) < 4.78 is 6.54. The summed E-state index contributed by atoms with van der Waals surface area (Å²) in [5.74, 6) is 0.263. The van der Waals surface area contributed by atoms with Gasteiger partial charge in [-0.15, -0.1) is 0 Å². The molecule has 0 saturated carbocycles. The van der Waals surface area contributed by atoms with Gasteiger partial charge in [-0.2, -0.15) is 5.10 Å². The van der Waals surface area contributed by atoms with E-state index in [0.29, 0.717) is 22.8 Å². The van der Waals surface area contributed by atoms with Gasteiger partial charge in [-0.1, -0.05) is 5.16 Å². The van der Waals surface area contributed by atoms with Crippen LogP contribution >= 0.6 is 0 Å². The molecule has 0 saturated heterocycles. The Labute approximate surface area is 155 Å². The molecule has 3 rings (SSSR count). The fraction of sp³-hybridized carbons (Fsp3) is 0.278. The zero-order chi connectivity index (χ0) is 19.4. The first-order valence-electron chi connectivity index (χ1n) is 8.40. The summed E-state index contributed by atoms with van der Waals surface area (Å²) in [6.45, 7) is 5.31. The molecule has 0 bridgehead atoms. The molecule has 2 amide bonds. The van der Waals surface area contributed by atoms with Crippen LogP contribution in [0, 0.1) is 13.8 Å². The SMILES string of the molecule is Cc1noc(C)c1CC(=O)Nc1ccc(NC(=O)C(C)n2cncn2)cc1. The van der Waals surface area contributed by atoms with Crippen LogP contribution in [0.1, 0.15) is 30.0 Å². The highest BCUT2D eigenvalue weighted by Gasteiger charge is 2.16. The minimum atomic E-state index is -0.484. The van der Waals surface area contributed by atoms with Crippen LogP contribution < -0.4 is 10.6 Å². The minimum absolute atomic E-state index is 0.166. The van der Waals surface area contributed by atoms with E-state index in [-0.39, 0.29) is 18.2 Å². The number of hydrogen-bond acceptors (Lipinski definition) is 6. The Hall–Kier alpha value is -3.49. The smallest absolute Gasteiger partial charge is 0.249 e. The monoisotopic (exact) mass is 368 g/mol. The topological polar surface area (TPSA) is 115 Å². The molecule has 9 nitrogen and oxygen atoms in total. The lowest BCUT2D eigenvalue weighted by molar-refractivity contribution is -0.119. The number of carbonyl (C=O) groups excluding carboxylic acids is 2. The van der Waals surface area contributed by atoms with E-state index in [9.17, 15) is 9.59 Å². The first kappa shape index (κ1) is 18.3. The van der Waals surface area contributed by atoms with Crippen molar-refractivity contribution in [3.8, 4) is 0 Å². The third-order valence-corrected chi connectivity index (χ3v) is 4.17. The van der Waals surface area contributed by atoms with E-state index in [4.69, 9.17) is 4.52 Å². The molecule has 0 aliphatic rings. The van der Waals surface area contributed by atoms with Crippen LogP contribution in [0.4, 0.5) is 11.4 Å². The number of nitrogens with zero attached hydrogens (tertiary/aromatic N) is 4. The maximum Gasteiger partial charge on any atom is 0.249 e. The predicted molar refractivity (Wildman–Crippen MR) is 98.1 cm³/mol. The lowest BCUT2D eigenvalue weighted by Gasteiger charge is -2.12. The molecule has 2 aromatic heterocycles. The van der Waals surface area contributed by atoms with Crippen molar-refractivity contribution < 1.29 is 14.1 Å². The average molecular weight is 368 g/mol. The van der Waals surface area contributed by atoms with E-state index in [1.54, 1.807) is 45.0 Å². The van der Waals surface area contributed by atoms with Gasteiger partial charge < -0.3 is 15.2 Å². The number of aryl methyl sites for hydroxylation is 2. The van der Waals surface area contributed by atoms with Gasteiger partial charge in [-0.05, 0) is 45.0 Å². The highest BCUT2D eigenvalue weighted by Crippen LogP contribution is 2.17. The van der Waals surface area contributed by atoms with Crippen molar-refractivity contribution in [2.45, 2.75) is 33.2 Å². The summed E-state index contributed by atoms with van der Waals surface area (Å²) in [6, 6.07) is 6.40. The fourth-order valence-corrected chi connectivity index (χ4v) is 2.54. The van der Waals surface area contributed by atoms with Gasteiger partial charge in [-0.3, -0.25) is 9.59 Å². The van der Waals surface area contributed by atoms with Gasteiger partial charge in [0.25, 0.3) is 0 Å². The lowest BCUT2D eigenvalue weighted by Crippen LogP contribution is -2.24. The van der Waals surface area contributed by atoms with Gasteiger partial charge in [0, 0.05) is 16.9 Å². The Bertz CT molecular complexity index is 911. The van der Waals surface area contributed by atoms with Crippen LogP contribution in [0.25, 0.3) is 0 Å². The zero-order valence-corrected chi connectivity index (χ0v) is 15.3. The fourth-order valence-electron chi connectivity index (χ4n) is 2.54. The highest BCUT2D eigenvalue weighted by atomic mass is 16.5. The van der Waals surface area contributed by atoms with Crippen molar-refractivity contribution in [1.29, 1.82) is 0 Å². The Morgan fingerprint density at radius 1 is 1.15 bits per heavy atom. The number of benzene rings is 1. The molecule has 0 spiro atoms. The number of hydrogen-bond donors (Lipinski definition) is 2. The molecule has 2 N–H and O–H groups in total. The molecule has 0 aliphatic carbocycles. The molecule has 0 radical (unpaired) electrons. The second kappa shape index (κ2) is 7.81. The van der Waals surface area contributed by atoms with Gasteiger partial charge in [0.2, 0.25) is 11.8 Å². The molecule has 0 fully saturated rings. The van der Waals surface area contributed by atoms with Crippen molar-refractivity contribution >= 4 is 23.2 Å². The van der Waals surface area contributed by atoms with E-state index in [1.165, 1.54) is 17.3 Å². The van der Waals surface area contributed by atoms with Crippen LogP contribution in [0.5, 0.6) is 0 Å². The third kappa shape index (κ3) is 4.38. The third-order valence-electron chi connectivity index (χ3n) is 4.17. The highest BCUT2D eigenvalue weighted by molar-refractivity contribution is 5.95. The van der Waals surface area contributed by atoms with Crippen LogP contribution in [0.3, 0.4) is 0 Å². The number of rotatable bonds is 6. The maximum atomic E-state index is 12.2. The van der Waals surface area contributed by atoms with Crippen LogP contribution in [0.2, 0.25) is 0 Å². The van der Waals surface area contributed by atoms with Crippen molar-refractivity contribution in [2.24, 2.45) is 0 Å². The summed E-state index contributed by atoms with van der Waals surface area (Å²) in [4.78, 5) is 28.3. The summed E-state index contributed by atoms with van der Waals surface area (Å²) in [6.07, 6.45) is 3.06. The molecule has 140 valence electrons. The molecule has 27 heavy (non-hydrogen) atoms. The van der Waals surface area contributed by atoms with E-state index in [2.05, 4.69) is 25.9 Å². The van der Waals surface area contributed by atoms with Gasteiger partial charge in [0.15, 0.2) is 0 Å². The first-order chi connectivity index (χ1) is 12.9. The normalized spacial score (nSPS) is 11.8. The van der Waals surface area contributed by atoms with Crippen molar-refractivity contribution in [1.82, 2.24) is 19.9 Å². The Balaban J connectivity index is 1.57. The average Bonchev–Trinajstić information content (AvgIpc) is 3.28. The van der Waals surface area contributed by atoms with E-state index in [0.717, 1.165) is 5.56 Å². The summed E-state index contributed by atoms with van der Waals surface area (Å²) in [5.41, 5.74) is 2.76. The number of nitrogens with one attached hydrogen (secondary N) is 2. The summed E-state index contributed by atoms with van der Waals surface area (Å²) in [5, 5.41) is 13.4. The second-order valence-electron chi connectivity index (χ2n) is 6.15. The summed E-state index contributed by atoms with van der Waals surface area (Å²) in [7, 11) is 0. The largest absolute Gasteiger partial charge is 0.361 e. The van der Waals surface area contributed by atoms with Crippen molar-refractivity contribution in [2.75, 3.05) is 10.6 Å². The van der Waals surface area contributed by atoms with E-state index in [1.807, 2.05) is 0 Å². The van der Waals surface area contributed by atoms with E-state index < -0.39 is 6.04 Å². The van der Waals surface area contributed by atoms with E-state index >= 15 is 0 Å². The van der Waals surface area contributed by atoms with Gasteiger partial charge in [0.1, 0.15) is 24.5 Å². The standard InChI is InChI=1S/C18H20N6O3/c1-11-16(13(3)27-23-11)8-17(25)21-14-4-6-15(7-5-14)22-18(26)12(2)24-10-19-9-20-24/h4-7,9-10,12H,8H2,1-3H3,(H,21,25)(H,22,26). The van der Waals surface area contributed by atoms with Crippen LogP contribution in [-0.2, 0) is 16.0 Å². The van der Waals surface area contributed by atoms with Crippen molar-refractivity contribution in [3.63, 3.8) is 0 Å². The number of carbonyl (C=O) groups is 2. The second-order valence-corrected chi connectivity index (χ2v) is 6.15. The van der Waals surface area contributed by atoms with Gasteiger partial charge >= 0.3 is 0 Å². The molecular formula is C18H20N6O3. The lowest BCUT2D eigenvalue weighted by atomic mass is 10.1. The molecular weight excluding hydrogens is 348 g/mol. The molecule has 1 aromatic carbocycles. The quantitative estimate of drug-likeness (QED) is 0.690. The zero-order valence-electron chi connectivity index (χ0n) is 15.3. The maximum absolute atomic E-state index is 12.2. The molecule has 0 aliphatic heterocycles. The minimum Gasteiger partial charge on any atom is -0.361 e. The Morgan fingerprint density at radius 3 is 2.37 bits per heavy atom. The molecule has 3 aromatic rings. The van der Waals surface area contributed by atoms with Gasteiger partial charge in [-0.25, -0.2) is 9.67 Å². The Morgan fingerprint density at radius 2 is 1.81 bits per heavy atom. The molecule has 9 heteroatoms. The number of aromatic nitrogens is 4. The predicted octanol–water partition coefficient (Wildman–Crippen LogP) is 2.26. The Kier molecular flexibility index (Phi) is 5.30. The van der Waals surface area contributed by atoms with Crippen molar-refractivity contribution in [3.05, 3.63) is 53.9 Å². The molecule has 1 unspecified atom stereocenters. The summed E-state index contributed by atoms with van der Waals surface area (Å²) >= 11 is 0. The first-order valence-corrected chi connectivity index (χ1v) is 8.40. The van der Waals surface area contributed by atoms with Crippen LogP contribution in [0.15, 0.2) is 41.4 Å². The molecule has 1 atom stereocenters.